The average Bonchev–Trinajstić information content (AvgIpc) is 2.78. The van der Waals surface area contributed by atoms with Crippen LogP contribution in [0.2, 0.25) is 5.02 Å². The van der Waals surface area contributed by atoms with Gasteiger partial charge in [0.1, 0.15) is 5.82 Å². The first-order chi connectivity index (χ1) is 8.16. The number of hydrogen-bond donors (Lipinski definition) is 2. The molecule has 1 heterocycles. The summed E-state index contributed by atoms with van der Waals surface area (Å²) >= 11 is 5.62. The maximum Gasteiger partial charge on any atom is 0.254 e. The molecule has 1 fully saturated rings. The van der Waals surface area contributed by atoms with Gasteiger partial charge in [-0.05, 0) is 37.6 Å². The van der Waals surface area contributed by atoms with Gasteiger partial charge in [0.15, 0.2) is 0 Å². The Balaban J connectivity index is 1.94. The minimum absolute atomic E-state index is 0.0346. The molecule has 1 aliphatic heterocycles. The second kappa shape index (κ2) is 5.47. The Morgan fingerprint density at radius 3 is 3.06 bits per heavy atom. The number of hydrogen-bond acceptors (Lipinski definition) is 2. The smallest absolute Gasteiger partial charge is 0.254 e. The van der Waals surface area contributed by atoms with E-state index in [2.05, 4.69) is 10.6 Å². The van der Waals surface area contributed by atoms with Gasteiger partial charge in [-0.2, -0.15) is 0 Å². The van der Waals surface area contributed by atoms with Crippen molar-refractivity contribution in [3.63, 3.8) is 0 Å². The standard InChI is InChI=1S/C12H14ClFN2O/c13-8-3-4-10(11(14)6-8)12(17)16-7-9-2-1-5-15-9/h3-4,6,9,15H,1-2,5,7H2,(H,16,17). The molecular weight excluding hydrogens is 243 g/mol. The number of carbonyl (C=O) groups is 1. The molecule has 1 atom stereocenters. The SMILES string of the molecule is O=C(NCC1CCCN1)c1ccc(Cl)cc1F. The van der Waals surface area contributed by atoms with Crippen molar-refractivity contribution in [1.82, 2.24) is 10.6 Å². The van der Waals surface area contributed by atoms with Crippen molar-refractivity contribution < 1.29 is 9.18 Å². The predicted octanol–water partition coefficient (Wildman–Crippen LogP) is 1.96. The summed E-state index contributed by atoms with van der Waals surface area (Å²) in [7, 11) is 0. The minimum atomic E-state index is -0.589. The molecule has 0 saturated carbocycles. The minimum Gasteiger partial charge on any atom is -0.350 e. The fraction of sp³-hybridized carbons (Fsp3) is 0.417. The van der Waals surface area contributed by atoms with Crippen LogP contribution in [0.4, 0.5) is 4.39 Å². The number of carbonyl (C=O) groups excluding carboxylic acids is 1. The number of benzene rings is 1. The molecule has 17 heavy (non-hydrogen) atoms. The topological polar surface area (TPSA) is 41.1 Å². The Kier molecular flexibility index (Phi) is 3.97. The largest absolute Gasteiger partial charge is 0.350 e. The Labute approximate surface area is 104 Å². The molecule has 1 unspecified atom stereocenters. The second-order valence-electron chi connectivity index (χ2n) is 4.13. The molecule has 0 bridgehead atoms. The molecule has 2 N–H and O–H groups in total. The summed E-state index contributed by atoms with van der Waals surface area (Å²) in [4.78, 5) is 11.7. The lowest BCUT2D eigenvalue weighted by Gasteiger charge is -2.11. The lowest BCUT2D eigenvalue weighted by molar-refractivity contribution is 0.0946. The number of halogens is 2. The van der Waals surface area contributed by atoms with Gasteiger partial charge in [-0.25, -0.2) is 4.39 Å². The van der Waals surface area contributed by atoms with Crippen molar-refractivity contribution in [2.75, 3.05) is 13.1 Å². The Morgan fingerprint density at radius 2 is 2.41 bits per heavy atom. The van der Waals surface area contributed by atoms with Crippen molar-refractivity contribution in [1.29, 1.82) is 0 Å². The number of amides is 1. The number of nitrogens with one attached hydrogen (secondary N) is 2. The van der Waals surface area contributed by atoms with Crippen LogP contribution < -0.4 is 10.6 Å². The fourth-order valence-electron chi connectivity index (χ4n) is 1.92. The highest BCUT2D eigenvalue weighted by atomic mass is 35.5. The third-order valence-corrected chi connectivity index (χ3v) is 3.08. The number of rotatable bonds is 3. The van der Waals surface area contributed by atoms with Crippen LogP contribution in [0.3, 0.4) is 0 Å². The van der Waals surface area contributed by atoms with Gasteiger partial charge in [-0.3, -0.25) is 4.79 Å². The van der Waals surface area contributed by atoms with E-state index in [9.17, 15) is 9.18 Å². The van der Waals surface area contributed by atoms with E-state index >= 15 is 0 Å². The van der Waals surface area contributed by atoms with E-state index in [1.165, 1.54) is 12.1 Å². The van der Waals surface area contributed by atoms with E-state index in [1.807, 2.05) is 0 Å². The molecule has 2 rings (SSSR count). The normalized spacial score (nSPS) is 19.3. The van der Waals surface area contributed by atoms with Crippen molar-refractivity contribution in [2.45, 2.75) is 18.9 Å². The molecular formula is C12H14ClFN2O. The summed E-state index contributed by atoms with van der Waals surface area (Å²) in [6.07, 6.45) is 2.17. The summed E-state index contributed by atoms with van der Waals surface area (Å²) in [5.74, 6) is -0.984. The fourth-order valence-corrected chi connectivity index (χ4v) is 2.07. The summed E-state index contributed by atoms with van der Waals surface area (Å²) in [6, 6.07) is 4.35. The van der Waals surface area contributed by atoms with Crippen LogP contribution in [-0.4, -0.2) is 25.0 Å². The van der Waals surface area contributed by atoms with Crippen LogP contribution in [-0.2, 0) is 0 Å². The van der Waals surface area contributed by atoms with Crippen LogP contribution >= 0.6 is 11.6 Å². The molecule has 1 aromatic rings. The predicted molar refractivity (Wildman–Crippen MR) is 64.8 cm³/mol. The summed E-state index contributed by atoms with van der Waals surface area (Å²) < 4.78 is 13.4. The second-order valence-corrected chi connectivity index (χ2v) is 4.56. The third-order valence-electron chi connectivity index (χ3n) is 2.85. The Hall–Kier alpha value is -1.13. The molecule has 92 valence electrons. The van der Waals surface area contributed by atoms with Gasteiger partial charge in [0, 0.05) is 17.6 Å². The van der Waals surface area contributed by atoms with Gasteiger partial charge in [0.2, 0.25) is 0 Å². The maximum absolute atomic E-state index is 13.4. The van der Waals surface area contributed by atoms with Gasteiger partial charge in [-0.15, -0.1) is 0 Å². The maximum atomic E-state index is 13.4. The highest BCUT2D eigenvalue weighted by Crippen LogP contribution is 2.14. The van der Waals surface area contributed by atoms with E-state index in [-0.39, 0.29) is 10.6 Å². The molecule has 1 aromatic carbocycles. The zero-order valence-electron chi connectivity index (χ0n) is 9.30. The first-order valence-corrected chi connectivity index (χ1v) is 6.01. The van der Waals surface area contributed by atoms with Gasteiger partial charge in [0.05, 0.1) is 5.56 Å². The molecule has 5 heteroatoms. The zero-order valence-corrected chi connectivity index (χ0v) is 10.1. The van der Waals surface area contributed by atoms with Gasteiger partial charge in [-0.1, -0.05) is 11.6 Å². The van der Waals surface area contributed by atoms with Crippen LogP contribution in [0.15, 0.2) is 18.2 Å². The molecule has 0 aromatic heterocycles. The van der Waals surface area contributed by atoms with Gasteiger partial charge < -0.3 is 10.6 Å². The monoisotopic (exact) mass is 256 g/mol. The third kappa shape index (κ3) is 3.17. The van der Waals surface area contributed by atoms with Crippen LogP contribution in [0.25, 0.3) is 0 Å². The van der Waals surface area contributed by atoms with Gasteiger partial charge in [0.25, 0.3) is 5.91 Å². The van der Waals surface area contributed by atoms with E-state index < -0.39 is 11.7 Å². The molecule has 0 radical (unpaired) electrons. The zero-order chi connectivity index (χ0) is 12.3. The molecule has 1 saturated heterocycles. The van der Waals surface area contributed by atoms with Crippen LogP contribution in [0, 0.1) is 5.82 Å². The summed E-state index contributed by atoms with van der Waals surface area (Å²) in [5.41, 5.74) is 0.0346. The quantitative estimate of drug-likeness (QED) is 0.868. The lowest BCUT2D eigenvalue weighted by atomic mass is 10.2. The first-order valence-electron chi connectivity index (χ1n) is 5.63. The molecule has 3 nitrogen and oxygen atoms in total. The highest BCUT2D eigenvalue weighted by molar-refractivity contribution is 6.30. The Bertz CT molecular complexity index is 419. The summed E-state index contributed by atoms with van der Waals surface area (Å²) in [6.45, 7) is 1.51. The lowest BCUT2D eigenvalue weighted by Crippen LogP contribution is -2.37. The molecule has 0 aliphatic carbocycles. The molecule has 1 amide bonds. The van der Waals surface area contributed by atoms with Crippen molar-refractivity contribution in [3.8, 4) is 0 Å². The van der Waals surface area contributed by atoms with E-state index in [0.717, 1.165) is 25.5 Å². The molecule has 1 aliphatic rings. The van der Waals surface area contributed by atoms with Crippen molar-refractivity contribution in [2.24, 2.45) is 0 Å². The van der Waals surface area contributed by atoms with Crippen molar-refractivity contribution >= 4 is 17.5 Å². The first kappa shape index (κ1) is 12.3. The van der Waals surface area contributed by atoms with E-state index in [0.29, 0.717) is 12.6 Å². The summed E-state index contributed by atoms with van der Waals surface area (Å²) in [5, 5.41) is 6.26. The van der Waals surface area contributed by atoms with E-state index in [1.54, 1.807) is 0 Å². The highest BCUT2D eigenvalue weighted by Gasteiger charge is 2.16. The van der Waals surface area contributed by atoms with E-state index in [4.69, 9.17) is 11.6 Å². The van der Waals surface area contributed by atoms with Crippen LogP contribution in [0.5, 0.6) is 0 Å². The van der Waals surface area contributed by atoms with Gasteiger partial charge >= 0.3 is 0 Å². The Morgan fingerprint density at radius 1 is 1.59 bits per heavy atom. The molecule has 0 spiro atoms. The van der Waals surface area contributed by atoms with Crippen LogP contribution in [0.1, 0.15) is 23.2 Å². The average molecular weight is 257 g/mol. The van der Waals surface area contributed by atoms with Crippen molar-refractivity contribution in [3.05, 3.63) is 34.6 Å².